The lowest BCUT2D eigenvalue weighted by Gasteiger charge is -2.33. The smallest absolute Gasteiger partial charge is 0.150 e. The summed E-state index contributed by atoms with van der Waals surface area (Å²) in [6.07, 6.45) is 1.88. The first-order chi connectivity index (χ1) is 13.4. The zero-order valence-corrected chi connectivity index (χ0v) is 18.5. The molecule has 1 aliphatic heterocycles. The maximum Gasteiger partial charge on any atom is 0.150 e. The number of nitrogens with two attached hydrogens (primary N) is 2. The minimum Gasteiger partial charge on any atom is -0.382 e. The second-order valence-corrected chi connectivity index (χ2v) is 7.59. The summed E-state index contributed by atoms with van der Waals surface area (Å²) in [5.41, 5.74) is 9.82. The summed E-state index contributed by atoms with van der Waals surface area (Å²) in [5.74, 6) is 6.47. The second kappa shape index (κ2) is 10.9. The van der Waals surface area contributed by atoms with Crippen molar-refractivity contribution in [3.05, 3.63) is 52.1 Å². The van der Waals surface area contributed by atoms with Gasteiger partial charge in [-0.2, -0.15) is 5.10 Å². The summed E-state index contributed by atoms with van der Waals surface area (Å²) in [4.78, 5) is 9.20. The van der Waals surface area contributed by atoms with Crippen LogP contribution in [0.3, 0.4) is 0 Å². The van der Waals surface area contributed by atoms with E-state index in [-0.39, 0.29) is 0 Å². The molecular weight excluding hydrogens is 438 g/mol. The number of halogens is 1. The molecule has 1 aliphatic rings. The van der Waals surface area contributed by atoms with Gasteiger partial charge in [0, 0.05) is 48.1 Å². The van der Waals surface area contributed by atoms with Gasteiger partial charge in [-0.3, -0.25) is 0 Å². The van der Waals surface area contributed by atoms with E-state index in [0.717, 1.165) is 47.7 Å². The molecule has 3 rings (SSSR count). The summed E-state index contributed by atoms with van der Waals surface area (Å²) < 4.78 is 1.05. The summed E-state index contributed by atoms with van der Waals surface area (Å²) in [7, 11) is 2.17. The Bertz CT molecular complexity index is 820. The molecule has 2 aromatic rings. The molecule has 0 amide bonds. The highest BCUT2D eigenvalue weighted by Gasteiger charge is 2.16. The molecule has 0 aliphatic carbocycles. The molecule has 5 N–H and O–H groups in total. The van der Waals surface area contributed by atoms with Crippen LogP contribution in [0, 0.1) is 6.92 Å². The molecule has 1 saturated heterocycles. The van der Waals surface area contributed by atoms with E-state index in [0.29, 0.717) is 5.84 Å². The standard InChI is InChI=1S/C11H16BrN3.C8H10N4S/c1-9-7-10(12)8-13-11(9)15-5-3-14(2)4-6-15;9-8(12-10)6-2-1-3-7(4-6)11-5-13/h7-8H,3-6H2,1-2H3;1-5H,10H2,(H2,9,12)(H,11,13). The average Bonchev–Trinajstić information content (AvgIpc) is 2.69. The number of likely N-dealkylation sites (N-methyl/N-ethyl adjacent to an activating group) is 1. The number of nitrogens with one attached hydrogen (secondary N) is 1. The van der Waals surface area contributed by atoms with Gasteiger partial charge in [0.05, 0.1) is 5.49 Å². The van der Waals surface area contributed by atoms with E-state index in [2.05, 4.69) is 73.4 Å². The predicted molar refractivity (Wildman–Crippen MR) is 125 cm³/mol. The number of piperazine rings is 1. The first-order valence-corrected chi connectivity index (χ1v) is 10.1. The number of hydrazone groups is 1. The number of benzene rings is 1. The normalized spacial score (nSPS) is 14.8. The monoisotopic (exact) mass is 463 g/mol. The van der Waals surface area contributed by atoms with Gasteiger partial charge in [-0.1, -0.05) is 24.4 Å². The van der Waals surface area contributed by atoms with Gasteiger partial charge in [0.1, 0.15) is 11.7 Å². The van der Waals surface area contributed by atoms with Crippen LogP contribution >= 0.6 is 28.1 Å². The molecule has 150 valence electrons. The van der Waals surface area contributed by atoms with Crippen molar-refractivity contribution in [2.45, 2.75) is 6.92 Å². The van der Waals surface area contributed by atoms with Crippen LogP contribution in [0.2, 0.25) is 0 Å². The van der Waals surface area contributed by atoms with Gasteiger partial charge in [0.25, 0.3) is 0 Å². The van der Waals surface area contributed by atoms with Crippen LogP contribution in [0.4, 0.5) is 11.5 Å². The van der Waals surface area contributed by atoms with Crippen molar-refractivity contribution in [1.82, 2.24) is 9.88 Å². The molecule has 1 aromatic carbocycles. The summed E-state index contributed by atoms with van der Waals surface area (Å²) >= 11 is 8.09. The molecule has 9 heteroatoms. The third kappa shape index (κ3) is 6.43. The van der Waals surface area contributed by atoms with E-state index < -0.39 is 0 Å². The molecule has 0 atom stereocenters. The molecule has 2 heterocycles. The van der Waals surface area contributed by atoms with Gasteiger partial charge in [0.15, 0.2) is 0 Å². The molecular formula is C19H26BrN7S. The minimum atomic E-state index is 0.299. The zero-order valence-electron chi connectivity index (χ0n) is 16.1. The molecule has 1 fully saturated rings. The fourth-order valence-corrected chi connectivity index (χ4v) is 3.38. The Labute approximate surface area is 179 Å². The Morgan fingerprint density at radius 2 is 2.00 bits per heavy atom. The van der Waals surface area contributed by atoms with Crippen LogP contribution in [0.5, 0.6) is 0 Å². The van der Waals surface area contributed by atoms with E-state index in [1.807, 2.05) is 30.5 Å². The maximum atomic E-state index is 5.52. The Morgan fingerprint density at radius 3 is 2.61 bits per heavy atom. The number of amidine groups is 1. The lowest BCUT2D eigenvalue weighted by Crippen LogP contribution is -2.45. The Kier molecular flexibility index (Phi) is 8.62. The largest absolute Gasteiger partial charge is 0.382 e. The number of aryl methyl sites for hydroxylation is 1. The number of pyridine rings is 1. The van der Waals surface area contributed by atoms with Crippen molar-refractivity contribution in [3.63, 3.8) is 0 Å². The molecule has 7 nitrogen and oxygen atoms in total. The fraction of sp³-hybridized carbons (Fsp3) is 0.316. The van der Waals surface area contributed by atoms with Gasteiger partial charge in [-0.15, -0.1) is 0 Å². The highest BCUT2D eigenvalue weighted by Crippen LogP contribution is 2.21. The van der Waals surface area contributed by atoms with Crippen LogP contribution < -0.4 is 21.8 Å². The van der Waals surface area contributed by atoms with Gasteiger partial charge in [0.2, 0.25) is 0 Å². The molecule has 0 bridgehead atoms. The van der Waals surface area contributed by atoms with Gasteiger partial charge in [-0.05, 0) is 53.7 Å². The Hall–Kier alpha value is -2.23. The number of hydrogen-bond donors (Lipinski definition) is 3. The summed E-state index contributed by atoms with van der Waals surface area (Å²) in [5, 5.41) is 6.26. The van der Waals surface area contributed by atoms with Gasteiger partial charge < -0.3 is 26.7 Å². The Balaban J connectivity index is 0.000000203. The average molecular weight is 464 g/mol. The van der Waals surface area contributed by atoms with Gasteiger partial charge >= 0.3 is 0 Å². The molecule has 0 saturated carbocycles. The van der Waals surface area contributed by atoms with Crippen LogP contribution in [0.15, 0.2) is 46.1 Å². The summed E-state index contributed by atoms with van der Waals surface area (Å²) in [6.45, 7) is 6.51. The number of hydrogen-bond acceptors (Lipinski definition) is 6. The number of aromatic nitrogens is 1. The zero-order chi connectivity index (χ0) is 20.5. The molecule has 1 aromatic heterocycles. The predicted octanol–water partition coefficient (Wildman–Crippen LogP) is 2.54. The SMILES string of the molecule is Cc1cc(Br)cnc1N1CCN(C)CC1.N/N=C(\N)c1cccc(NC=S)c1. The number of rotatable bonds is 4. The van der Waals surface area contributed by atoms with Crippen molar-refractivity contribution < 1.29 is 0 Å². The molecule has 28 heavy (non-hydrogen) atoms. The van der Waals surface area contributed by atoms with Crippen LogP contribution in [0.25, 0.3) is 0 Å². The van der Waals surface area contributed by atoms with Crippen molar-refractivity contribution in [2.75, 3.05) is 43.4 Å². The minimum absolute atomic E-state index is 0.299. The third-order valence-electron chi connectivity index (χ3n) is 4.34. The van der Waals surface area contributed by atoms with E-state index in [9.17, 15) is 0 Å². The molecule has 0 unspecified atom stereocenters. The number of nitrogens with zero attached hydrogens (tertiary/aromatic N) is 4. The van der Waals surface area contributed by atoms with Crippen molar-refractivity contribution in [3.8, 4) is 0 Å². The fourth-order valence-electron chi connectivity index (χ4n) is 2.79. The quantitative estimate of drug-likeness (QED) is 0.210. The number of thiocarbonyl (C=S) groups is 1. The highest BCUT2D eigenvalue weighted by atomic mass is 79.9. The first-order valence-electron chi connectivity index (χ1n) is 8.84. The third-order valence-corrected chi connectivity index (χ3v) is 4.89. The topological polar surface area (TPSA) is 95.8 Å². The molecule has 0 spiro atoms. The highest BCUT2D eigenvalue weighted by molar-refractivity contribution is 9.10. The molecule has 0 radical (unpaired) electrons. The Morgan fingerprint density at radius 1 is 1.29 bits per heavy atom. The lowest BCUT2D eigenvalue weighted by atomic mass is 10.2. The van der Waals surface area contributed by atoms with Crippen LogP contribution in [0.1, 0.15) is 11.1 Å². The summed E-state index contributed by atoms with van der Waals surface area (Å²) in [6, 6.07) is 9.47. The van der Waals surface area contributed by atoms with Crippen molar-refractivity contribution in [2.24, 2.45) is 16.7 Å². The van der Waals surface area contributed by atoms with Crippen LogP contribution in [-0.2, 0) is 0 Å². The van der Waals surface area contributed by atoms with E-state index in [4.69, 9.17) is 11.6 Å². The van der Waals surface area contributed by atoms with Crippen molar-refractivity contribution >= 4 is 51.0 Å². The van der Waals surface area contributed by atoms with E-state index in [1.54, 1.807) is 0 Å². The van der Waals surface area contributed by atoms with Crippen LogP contribution in [-0.4, -0.2) is 54.4 Å². The maximum absolute atomic E-state index is 5.52. The van der Waals surface area contributed by atoms with E-state index >= 15 is 0 Å². The van der Waals surface area contributed by atoms with E-state index in [1.165, 1.54) is 11.1 Å². The second-order valence-electron chi connectivity index (χ2n) is 6.44. The van der Waals surface area contributed by atoms with Gasteiger partial charge in [-0.25, -0.2) is 4.98 Å². The van der Waals surface area contributed by atoms with Crippen molar-refractivity contribution in [1.29, 1.82) is 0 Å². The number of anilines is 2. The lowest BCUT2D eigenvalue weighted by molar-refractivity contribution is 0.312. The first kappa shape index (κ1) is 22.1.